The predicted molar refractivity (Wildman–Crippen MR) is 200 cm³/mol. The summed E-state index contributed by atoms with van der Waals surface area (Å²) in [6.07, 6.45) is 2.61. The highest BCUT2D eigenvalue weighted by Gasteiger charge is 2.26. The molecule has 0 saturated carbocycles. The molecule has 0 aliphatic rings. The molecule has 0 unspecified atom stereocenters. The molecular weight excluding hydrogens is 666 g/mol. The van der Waals surface area contributed by atoms with Crippen LogP contribution in [0.2, 0.25) is 0 Å². The number of nitrogens with one attached hydrogen (secondary N) is 6. The largest absolute Gasteiger partial charge is 0.480 e. The van der Waals surface area contributed by atoms with Crippen molar-refractivity contribution >= 4 is 51.3 Å². The van der Waals surface area contributed by atoms with E-state index in [1.807, 2.05) is 77.1 Å². The quantitative estimate of drug-likeness (QED) is 0.0433. The lowest BCUT2D eigenvalue weighted by atomic mass is 9.98. The lowest BCUT2D eigenvalue weighted by Crippen LogP contribution is -2.60. The van der Waals surface area contributed by atoms with Crippen LogP contribution in [0.4, 0.5) is 0 Å². The van der Waals surface area contributed by atoms with E-state index in [9.17, 15) is 29.1 Å². The monoisotopic (exact) mass is 721 g/mol. The molecule has 0 radical (unpaired) electrons. The van der Waals surface area contributed by atoms with Crippen LogP contribution in [0.1, 0.15) is 71.1 Å². The highest BCUT2D eigenvalue weighted by Crippen LogP contribution is 2.27. The number of hydrogen-bond donors (Lipinski definition) is 9. The van der Waals surface area contributed by atoms with Gasteiger partial charge in [-0.05, 0) is 68.0 Å². The first-order valence-corrected chi connectivity index (χ1v) is 17.8. The normalized spacial score (nSPS) is 13.8. The van der Waals surface area contributed by atoms with E-state index >= 15 is 0 Å². The van der Waals surface area contributed by atoms with Crippen LogP contribution in [0.15, 0.2) is 42.5 Å². The van der Waals surface area contributed by atoms with Gasteiger partial charge in [0.2, 0.25) is 11.8 Å². The second kappa shape index (κ2) is 20.4. The Labute approximate surface area is 304 Å². The minimum Gasteiger partial charge on any atom is -0.480 e. The third-order valence-electron chi connectivity index (χ3n) is 8.54. The Kier molecular flexibility index (Phi) is 16.3. The summed E-state index contributed by atoms with van der Waals surface area (Å²) in [7, 11) is 0. The van der Waals surface area contributed by atoms with Gasteiger partial charge in [0.15, 0.2) is 0 Å². The molecule has 0 aliphatic carbocycles. The summed E-state index contributed by atoms with van der Waals surface area (Å²) in [5.41, 5.74) is 24.5. The van der Waals surface area contributed by atoms with Crippen molar-refractivity contribution in [2.45, 2.75) is 97.3 Å². The average molecular weight is 722 g/mol. The van der Waals surface area contributed by atoms with Gasteiger partial charge in [-0.25, -0.2) is 15.6 Å². The number of aromatic nitrogens is 1. The summed E-state index contributed by atoms with van der Waals surface area (Å²) >= 11 is 0. The molecule has 11 N–H and O–H groups in total. The molecular formula is C37H55N9O6. The van der Waals surface area contributed by atoms with Crippen LogP contribution in [-0.4, -0.2) is 76.9 Å². The van der Waals surface area contributed by atoms with Crippen molar-refractivity contribution in [3.05, 3.63) is 53.7 Å². The second-order valence-corrected chi connectivity index (χ2v) is 14.0. The van der Waals surface area contributed by atoms with Crippen LogP contribution in [0.3, 0.4) is 0 Å². The lowest BCUT2D eigenvalue weighted by molar-refractivity contribution is -0.141. The molecule has 15 heteroatoms. The molecule has 4 atom stereocenters. The molecule has 3 rings (SSSR count). The van der Waals surface area contributed by atoms with Crippen LogP contribution >= 0.6 is 0 Å². The fourth-order valence-corrected chi connectivity index (χ4v) is 5.81. The summed E-state index contributed by atoms with van der Waals surface area (Å²) in [6, 6.07) is 9.60. The predicted octanol–water partition coefficient (Wildman–Crippen LogP) is 1.45. The van der Waals surface area contributed by atoms with Gasteiger partial charge in [0.25, 0.3) is 11.8 Å². The SMILES string of the molecule is Cc1nc2ccccc2c2cc(C[C@H](NC(=O)CNC(=O)[C@H](CC(C)C)NNC(=O)[C@H](CC(C)C)NNC(=O)[C@@H](N)CCCCN)C(=O)O)ccc12. The molecule has 15 nitrogen and oxygen atoms in total. The Morgan fingerprint density at radius 1 is 0.788 bits per heavy atom. The summed E-state index contributed by atoms with van der Waals surface area (Å²) in [5, 5.41) is 17.8. The first kappa shape index (κ1) is 41.7. The molecule has 52 heavy (non-hydrogen) atoms. The number of carbonyl (C=O) groups is 5. The highest BCUT2D eigenvalue weighted by atomic mass is 16.4. The number of amides is 4. The highest BCUT2D eigenvalue weighted by molar-refractivity contribution is 6.06. The van der Waals surface area contributed by atoms with E-state index in [4.69, 9.17) is 11.5 Å². The molecule has 0 bridgehead atoms. The van der Waals surface area contributed by atoms with E-state index in [1.54, 1.807) is 0 Å². The first-order valence-electron chi connectivity index (χ1n) is 17.8. The van der Waals surface area contributed by atoms with E-state index < -0.39 is 60.3 Å². The molecule has 0 spiro atoms. The van der Waals surface area contributed by atoms with Gasteiger partial charge >= 0.3 is 5.97 Å². The number of nitrogens with zero attached hydrogens (tertiary/aromatic N) is 1. The Morgan fingerprint density at radius 3 is 2.06 bits per heavy atom. The number of aliphatic carboxylic acids is 1. The Balaban J connectivity index is 1.59. The van der Waals surface area contributed by atoms with Gasteiger partial charge in [-0.2, -0.15) is 0 Å². The molecule has 0 fully saturated rings. The number of carboxylic acid groups (broad SMARTS) is 1. The van der Waals surface area contributed by atoms with E-state index in [1.165, 1.54) is 0 Å². The number of carbonyl (C=O) groups excluding carboxylic acids is 4. The molecule has 4 amide bonds. The van der Waals surface area contributed by atoms with E-state index in [0.29, 0.717) is 37.8 Å². The van der Waals surface area contributed by atoms with Gasteiger partial charge in [-0.3, -0.25) is 35.0 Å². The van der Waals surface area contributed by atoms with Crippen molar-refractivity contribution in [3.63, 3.8) is 0 Å². The molecule has 2 aromatic carbocycles. The minimum absolute atomic E-state index is 0.0243. The van der Waals surface area contributed by atoms with Crippen LogP contribution in [0.5, 0.6) is 0 Å². The maximum Gasteiger partial charge on any atom is 0.326 e. The number of carboxylic acids is 1. The van der Waals surface area contributed by atoms with Crippen molar-refractivity contribution in [2.75, 3.05) is 13.1 Å². The number of hydrazine groups is 2. The van der Waals surface area contributed by atoms with Crippen molar-refractivity contribution in [2.24, 2.45) is 23.3 Å². The third-order valence-corrected chi connectivity index (χ3v) is 8.54. The molecule has 1 heterocycles. The van der Waals surface area contributed by atoms with Crippen LogP contribution in [0, 0.1) is 18.8 Å². The zero-order valence-electron chi connectivity index (χ0n) is 30.8. The number of nitrogens with two attached hydrogens (primary N) is 2. The number of pyridine rings is 1. The van der Waals surface area contributed by atoms with Crippen LogP contribution in [-0.2, 0) is 30.4 Å². The summed E-state index contributed by atoms with van der Waals surface area (Å²) in [4.78, 5) is 68.5. The second-order valence-electron chi connectivity index (χ2n) is 14.0. The number of para-hydroxylation sites is 1. The fourth-order valence-electron chi connectivity index (χ4n) is 5.81. The summed E-state index contributed by atoms with van der Waals surface area (Å²) in [5.74, 6) is -3.30. The zero-order valence-corrected chi connectivity index (χ0v) is 30.8. The average Bonchev–Trinajstić information content (AvgIpc) is 3.09. The van der Waals surface area contributed by atoms with Gasteiger partial charge in [0.1, 0.15) is 18.1 Å². The zero-order chi connectivity index (χ0) is 38.4. The molecule has 3 aromatic rings. The van der Waals surface area contributed by atoms with Gasteiger partial charge in [0.05, 0.1) is 18.1 Å². The van der Waals surface area contributed by atoms with Crippen molar-refractivity contribution in [3.8, 4) is 0 Å². The topological polar surface area (TPSA) is 243 Å². The van der Waals surface area contributed by atoms with Crippen LogP contribution in [0.25, 0.3) is 21.7 Å². The Hall–Kier alpha value is -4.70. The molecule has 284 valence electrons. The standard InChI is InChI=1S/C37H55N9O6/c1-21(2)16-30(43-46-36(50)31(17-22(3)4)44-45-34(48)28(39)11-8-9-15-38)35(49)40-20-33(47)42-32(37(51)52)19-24-13-14-25-23(5)41-29-12-7-6-10-26(29)27(25)18-24/h6-7,10,12-14,18,21-22,28,30-32,43-44H,8-9,11,15-17,19-20,38-39H2,1-5H3,(H,40,49)(H,42,47)(H,45,48)(H,46,50)(H,51,52)/t28-,30-,31-,32-/m0/s1. The molecule has 0 aliphatic heterocycles. The fraction of sp³-hybridized carbons (Fsp3) is 0.514. The Bertz CT molecular complexity index is 1700. The summed E-state index contributed by atoms with van der Waals surface area (Å²) < 4.78 is 0. The number of unbranched alkanes of at least 4 members (excludes halogenated alkanes) is 1. The van der Waals surface area contributed by atoms with Crippen LogP contribution < -0.4 is 43.8 Å². The van der Waals surface area contributed by atoms with Gasteiger partial charge < -0.3 is 27.2 Å². The lowest BCUT2D eigenvalue weighted by Gasteiger charge is -2.25. The summed E-state index contributed by atoms with van der Waals surface area (Å²) in [6.45, 7) is 9.60. The van der Waals surface area contributed by atoms with Gasteiger partial charge in [-0.15, -0.1) is 0 Å². The number of rotatable bonds is 21. The van der Waals surface area contributed by atoms with E-state index in [-0.39, 0.29) is 18.3 Å². The number of benzene rings is 2. The number of aryl methyl sites for hydroxylation is 1. The van der Waals surface area contributed by atoms with Crippen molar-refractivity contribution in [1.82, 2.24) is 37.3 Å². The van der Waals surface area contributed by atoms with Crippen molar-refractivity contribution in [1.29, 1.82) is 0 Å². The third kappa shape index (κ3) is 12.8. The van der Waals surface area contributed by atoms with E-state index in [0.717, 1.165) is 33.8 Å². The Morgan fingerprint density at radius 2 is 1.42 bits per heavy atom. The first-order chi connectivity index (χ1) is 24.7. The van der Waals surface area contributed by atoms with Crippen molar-refractivity contribution < 1.29 is 29.1 Å². The van der Waals surface area contributed by atoms with Gasteiger partial charge in [-0.1, -0.05) is 70.5 Å². The van der Waals surface area contributed by atoms with E-state index in [2.05, 4.69) is 37.3 Å². The number of fused-ring (bicyclic) bond motifs is 3. The minimum atomic E-state index is -1.24. The smallest absolute Gasteiger partial charge is 0.326 e. The molecule has 1 aromatic heterocycles. The maximum absolute atomic E-state index is 13.2. The number of hydrogen-bond acceptors (Lipinski definition) is 10. The van der Waals surface area contributed by atoms with Gasteiger partial charge in [0, 0.05) is 22.9 Å². The maximum atomic E-state index is 13.2. The molecule has 0 saturated heterocycles.